The van der Waals surface area contributed by atoms with Crippen LogP contribution in [0.4, 0.5) is 0 Å². The highest BCUT2D eigenvalue weighted by atomic mass is 35.5. The van der Waals surface area contributed by atoms with Crippen LogP contribution >= 0.6 is 34.5 Å². The van der Waals surface area contributed by atoms with Crippen LogP contribution in [-0.2, 0) is 0 Å². The molecule has 0 aliphatic carbocycles. The zero-order valence-corrected chi connectivity index (χ0v) is 16.1. The van der Waals surface area contributed by atoms with E-state index in [1.54, 1.807) is 6.07 Å². The van der Waals surface area contributed by atoms with Gasteiger partial charge >= 0.3 is 0 Å². The maximum atomic E-state index is 12.8. The minimum atomic E-state index is -0.00443. The molecule has 1 aromatic heterocycles. The van der Waals surface area contributed by atoms with Crippen LogP contribution in [0.15, 0.2) is 18.2 Å². The third kappa shape index (κ3) is 2.55. The largest absolute Gasteiger partial charge is 0.346 e. The Morgan fingerprint density at radius 2 is 2.00 bits per heavy atom. The quantitative estimate of drug-likeness (QED) is 0.807. The Hall–Kier alpha value is -0.810. The first kappa shape index (κ1) is 16.6. The van der Waals surface area contributed by atoms with E-state index in [2.05, 4.69) is 24.1 Å². The van der Waals surface area contributed by atoms with E-state index < -0.39 is 0 Å². The van der Waals surface area contributed by atoms with Crippen LogP contribution in [0, 0.1) is 5.92 Å². The Bertz CT molecular complexity index is 809. The van der Waals surface area contributed by atoms with Crippen molar-refractivity contribution >= 4 is 50.5 Å². The molecule has 24 heavy (non-hydrogen) atoms. The van der Waals surface area contributed by atoms with Gasteiger partial charge in [0.05, 0.1) is 19.6 Å². The first-order valence-corrected chi connectivity index (χ1v) is 9.88. The molecular weight excluding hydrogens is 363 g/mol. The van der Waals surface area contributed by atoms with E-state index >= 15 is 0 Å². The minimum Gasteiger partial charge on any atom is -0.346 e. The average Bonchev–Trinajstić information content (AvgIpc) is 3.00. The number of rotatable bonds is 2. The van der Waals surface area contributed by atoms with Gasteiger partial charge in [0.1, 0.15) is 0 Å². The molecule has 1 unspecified atom stereocenters. The van der Waals surface area contributed by atoms with Gasteiger partial charge in [-0.05, 0) is 63.2 Å². The number of nitrogens with one attached hydrogen (secondary N) is 1. The molecule has 1 aromatic carbocycles. The molecule has 1 atom stereocenters. The van der Waals surface area contributed by atoms with Crippen molar-refractivity contribution in [1.82, 2.24) is 10.2 Å². The Morgan fingerprint density at radius 1 is 1.29 bits per heavy atom. The molecule has 0 saturated carbocycles. The van der Waals surface area contributed by atoms with E-state index in [1.807, 2.05) is 12.1 Å². The van der Waals surface area contributed by atoms with E-state index in [1.165, 1.54) is 24.2 Å². The molecule has 0 spiro atoms. The molecule has 3 aliphatic heterocycles. The monoisotopic (exact) mass is 382 g/mol. The van der Waals surface area contributed by atoms with Crippen molar-refractivity contribution in [2.24, 2.45) is 5.92 Å². The van der Waals surface area contributed by atoms with Gasteiger partial charge in [-0.25, -0.2) is 0 Å². The highest BCUT2D eigenvalue weighted by Crippen LogP contribution is 2.40. The number of thiophene rings is 1. The number of nitrogens with zero attached hydrogens (tertiary/aromatic N) is 1. The van der Waals surface area contributed by atoms with E-state index in [4.69, 9.17) is 23.2 Å². The second kappa shape index (κ2) is 5.87. The maximum absolute atomic E-state index is 12.8. The van der Waals surface area contributed by atoms with Crippen molar-refractivity contribution in [2.75, 3.05) is 13.1 Å². The number of benzene rings is 1. The number of piperidine rings is 3. The van der Waals surface area contributed by atoms with Gasteiger partial charge in [0, 0.05) is 11.6 Å². The summed E-state index contributed by atoms with van der Waals surface area (Å²) < 4.78 is 0.877. The molecule has 4 heterocycles. The molecule has 1 amide bonds. The predicted molar refractivity (Wildman–Crippen MR) is 101 cm³/mol. The number of fused-ring (bicyclic) bond motifs is 4. The highest BCUT2D eigenvalue weighted by Gasteiger charge is 2.48. The van der Waals surface area contributed by atoms with Gasteiger partial charge in [-0.15, -0.1) is 11.3 Å². The number of amides is 1. The van der Waals surface area contributed by atoms with Crippen LogP contribution in [0.3, 0.4) is 0 Å². The van der Waals surface area contributed by atoms with Crippen molar-refractivity contribution in [3.05, 3.63) is 33.1 Å². The van der Waals surface area contributed by atoms with Gasteiger partial charge in [0.2, 0.25) is 0 Å². The average molecular weight is 383 g/mol. The SMILES string of the molecule is CC1(C)C(NC(=O)c2cc3ccc(Cl)c(Cl)c3s2)C2CCN1CC2. The van der Waals surface area contributed by atoms with Crippen LogP contribution in [0.25, 0.3) is 10.1 Å². The van der Waals surface area contributed by atoms with Gasteiger partial charge < -0.3 is 5.32 Å². The van der Waals surface area contributed by atoms with Crippen molar-refractivity contribution in [1.29, 1.82) is 0 Å². The predicted octanol–water partition coefficient (Wildman–Crippen LogP) is 4.81. The molecular formula is C18H20Cl2N2OS. The van der Waals surface area contributed by atoms with Crippen LogP contribution in [0.2, 0.25) is 10.0 Å². The fourth-order valence-corrected chi connectivity index (χ4v) is 5.75. The number of carbonyl (C=O) groups excluding carboxylic acids is 1. The Kier molecular flexibility index (Phi) is 4.07. The first-order chi connectivity index (χ1) is 11.4. The molecule has 2 bridgehead atoms. The third-order valence-electron chi connectivity index (χ3n) is 5.68. The summed E-state index contributed by atoms with van der Waals surface area (Å²) in [6.07, 6.45) is 2.34. The number of hydrogen-bond donors (Lipinski definition) is 1. The molecule has 3 nitrogen and oxygen atoms in total. The normalized spacial score (nSPS) is 28.2. The summed E-state index contributed by atoms with van der Waals surface area (Å²) in [6.45, 7) is 6.76. The summed E-state index contributed by atoms with van der Waals surface area (Å²) in [5.74, 6) is 0.566. The van der Waals surface area contributed by atoms with Crippen LogP contribution in [0.1, 0.15) is 36.4 Å². The summed E-state index contributed by atoms with van der Waals surface area (Å²) >= 11 is 13.8. The maximum Gasteiger partial charge on any atom is 0.261 e. The highest BCUT2D eigenvalue weighted by molar-refractivity contribution is 7.21. The summed E-state index contributed by atoms with van der Waals surface area (Å²) in [6, 6.07) is 5.79. The lowest BCUT2D eigenvalue weighted by Crippen LogP contribution is -2.69. The zero-order chi connectivity index (χ0) is 17.1. The van der Waals surface area contributed by atoms with Gasteiger partial charge in [-0.1, -0.05) is 29.3 Å². The standard InChI is InChI=1S/C18H20Cl2N2OS/c1-18(2)16(10-5-7-22(18)8-6-10)21-17(23)13-9-11-3-4-12(19)14(20)15(11)24-13/h3-4,9-10,16H,5-8H2,1-2H3,(H,21,23). The van der Waals surface area contributed by atoms with Crippen LogP contribution in [-0.4, -0.2) is 35.5 Å². The second-order valence-electron chi connectivity index (χ2n) is 7.32. The topological polar surface area (TPSA) is 32.3 Å². The van der Waals surface area contributed by atoms with Gasteiger partial charge in [-0.3, -0.25) is 9.69 Å². The van der Waals surface area contributed by atoms with Gasteiger partial charge in [0.25, 0.3) is 5.91 Å². The van der Waals surface area contributed by atoms with Crippen LogP contribution < -0.4 is 5.32 Å². The summed E-state index contributed by atoms with van der Waals surface area (Å²) in [5, 5.41) is 5.32. The molecule has 3 saturated heterocycles. The number of halogens is 2. The molecule has 2 aromatic rings. The lowest BCUT2D eigenvalue weighted by molar-refractivity contribution is -0.0377. The number of hydrogen-bond acceptors (Lipinski definition) is 3. The summed E-state index contributed by atoms with van der Waals surface area (Å²) in [4.78, 5) is 16.0. The molecule has 6 heteroatoms. The summed E-state index contributed by atoms with van der Waals surface area (Å²) in [5.41, 5.74) is 0.00839. The van der Waals surface area contributed by atoms with Crippen molar-refractivity contribution in [3.8, 4) is 0 Å². The third-order valence-corrected chi connectivity index (χ3v) is 7.76. The summed E-state index contributed by atoms with van der Waals surface area (Å²) in [7, 11) is 0. The number of carbonyl (C=O) groups is 1. The minimum absolute atomic E-state index is 0.00443. The van der Waals surface area contributed by atoms with Crippen molar-refractivity contribution in [2.45, 2.75) is 38.3 Å². The molecule has 3 aliphatic rings. The van der Waals surface area contributed by atoms with E-state index in [0.717, 1.165) is 23.2 Å². The lowest BCUT2D eigenvalue weighted by atomic mass is 9.72. The van der Waals surface area contributed by atoms with E-state index in [9.17, 15) is 4.79 Å². The van der Waals surface area contributed by atoms with Gasteiger partial charge in [-0.2, -0.15) is 0 Å². The van der Waals surface area contributed by atoms with Crippen molar-refractivity contribution < 1.29 is 4.79 Å². The molecule has 0 radical (unpaired) electrons. The van der Waals surface area contributed by atoms with Crippen LogP contribution in [0.5, 0.6) is 0 Å². The fourth-order valence-electron chi connectivity index (χ4n) is 4.25. The first-order valence-electron chi connectivity index (χ1n) is 8.31. The molecule has 3 fully saturated rings. The van der Waals surface area contributed by atoms with Crippen molar-refractivity contribution in [3.63, 3.8) is 0 Å². The van der Waals surface area contributed by atoms with E-state index in [0.29, 0.717) is 20.8 Å². The zero-order valence-electron chi connectivity index (χ0n) is 13.7. The molecule has 1 N–H and O–H groups in total. The molecule has 128 valence electrons. The Labute approximate surface area is 155 Å². The molecule has 5 rings (SSSR count). The van der Waals surface area contributed by atoms with Gasteiger partial charge in [0.15, 0.2) is 0 Å². The lowest BCUT2D eigenvalue weighted by Gasteiger charge is -2.56. The Morgan fingerprint density at radius 3 is 2.67 bits per heavy atom. The van der Waals surface area contributed by atoms with E-state index in [-0.39, 0.29) is 17.5 Å². The fraction of sp³-hybridized carbons (Fsp3) is 0.500. The second-order valence-corrected chi connectivity index (χ2v) is 9.16. The smallest absolute Gasteiger partial charge is 0.261 e. The Balaban J connectivity index is 1.61.